The number of esters is 1. The predicted molar refractivity (Wildman–Crippen MR) is 57.3 cm³/mol. The van der Waals surface area contributed by atoms with E-state index in [4.69, 9.17) is 4.74 Å². The van der Waals surface area contributed by atoms with E-state index < -0.39 is 6.17 Å². The molecule has 0 saturated carbocycles. The third-order valence-electron chi connectivity index (χ3n) is 2.34. The Labute approximate surface area is 88.6 Å². The summed E-state index contributed by atoms with van der Waals surface area (Å²) >= 11 is 0. The first-order chi connectivity index (χ1) is 7.31. The van der Waals surface area contributed by atoms with E-state index in [2.05, 4.69) is 10.6 Å². The molecule has 1 aromatic rings. The van der Waals surface area contributed by atoms with Crippen molar-refractivity contribution in [3.63, 3.8) is 0 Å². The average molecular weight is 206 g/mol. The summed E-state index contributed by atoms with van der Waals surface area (Å²) in [6.45, 7) is 2.89. The number of carbonyl (C=O) groups is 1. The minimum absolute atomic E-state index is 0.257. The maximum atomic E-state index is 11.5. The first-order valence-electron chi connectivity index (χ1n) is 5.05. The molecule has 0 amide bonds. The highest BCUT2D eigenvalue weighted by Crippen LogP contribution is 2.19. The van der Waals surface area contributed by atoms with Crippen LogP contribution < -0.4 is 10.6 Å². The van der Waals surface area contributed by atoms with E-state index in [-0.39, 0.29) is 5.97 Å². The number of ether oxygens (including phenoxy) is 1. The van der Waals surface area contributed by atoms with Gasteiger partial charge in [0.1, 0.15) is 0 Å². The van der Waals surface area contributed by atoms with Gasteiger partial charge in [-0.15, -0.1) is 0 Å². The van der Waals surface area contributed by atoms with E-state index in [1.807, 2.05) is 24.3 Å². The van der Waals surface area contributed by atoms with Crippen molar-refractivity contribution >= 4 is 11.7 Å². The molecule has 2 N–H and O–H groups in total. The molecule has 80 valence electrons. The first-order valence-corrected chi connectivity index (χ1v) is 5.05. The fourth-order valence-corrected chi connectivity index (χ4v) is 1.60. The quantitative estimate of drug-likeness (QED) is 0.711. The van der Waals surface area contributed by atoms with Crippen LogP contribution in [-0.2, 0) is 16.1 Å². The van der Waals surface area contributed by atoms with Gasteiger partial charge in [0.05, 0.1) is 6.61 Å². The van der Waals surface area contributed by atoms with Crippen molar-refractivity contribution in [3.05, 3.63) is 29.8 Å². The Morgan fingerprint density at radius 1 is 1.53 bits per heavy atom. The number of carbonyl (C=O) groups excluding carboxylic acids is 1. The van der Waals surface area contributed by atoms with Crippen molar-refractivity contribution in [2.45, 2.75) is 19.6 Å². The van der Waals surface area contributed by atoms with E-state index in [9.17, 15) is 4.79 Å². The Hall–Kier alpha value is -1.55. The lowest BCUT2D eigenvalue weighted by Crippen LogP contribution is -2.46. The fraction of sp³-hybridized carbons (Fsp3) is 0.364. The molecule has 1 aliphatic rings. The molecule has 1 aliphatic heterocycles. The van der Waals surface area contributed by atoms with Gasteiger partial charge in [0.25, 0.3) is 0 Å². The number of anilines is 1. The minimum atomic E-state index is -0.431. The normalized spacial score (nSPS) is 18.9. The molecule has 0 bridgehead atoms. The predicted octanol–water partition coefficient (Wildman–Crippen LogP) is 1.09. The topological polar surface area (TPSA) is 50.4 Å². The summed E-state index contributed by atoms with van der Waals surface area (Å²) in [5.74, 6) is -0.257. The van der Waals surface area contributed by atoms with Gasteiger partial charge in [0.15, 0.2) is 6.17 Å². The summed E-state index contributed by atoms with van der Waals surface area (Å²) in [7, 11) is 0. The molecule has 0 aromatic heterocycles. The first kappa shape index (κ1) is 9.98. The molecular formula is C11H14N2O2. The van der Waals surface area contributed by atoms with Gasteiger partial charge >= 0.3 is 5.97 Å². The maximum Gasteiger partial charge on any atom is 0.343 e. The Balaban J connectivity index is 2.08. The third kappa shape index (κ3) is 2.10. The number of hydrogen-bond acceptors (Lipinski definition) is 4. The second-order valence-electron chi connectivity index (χ2n) is 3.37. The average Bonchev–Trinajstić information content (AvgIpc) is 2.29. The zero-order valence-corrected chi connectivity index (χ0v) is 8.62. The van der Waals surface area contributed by atoms with Gasteiger partial charge < -0.3 is 10.1 Å². The second-order valence-corrected chi connectivity index (χ2v) is 3.37. The smallest absolute Gasteiger partial charge is 0.343 e. The van der Waals surface area contributed by atoms with Crippen LogP contribution in [0.15, 0.2) is 24.3 Å². The molecule has 1 aromatic carbocycles. The van der Waals surface area contributed by atoms with Gasteiger partial charge in [-0.05, 0) is 18.6 Å². The summed E-state index contributed by atoms with van der Waals surface area (Å²) in [5.41, 5.74) is 2.16. The molecule has 0 saturated heterocycles. The van der Waals surface area contributed by atoms with Gasteiger partial charge in [0.2, 0.25) is 0 Å². The Bertz CT molecular complexity index is 365. The zero-order chi connectivity index (χ0) is 10.7. The lowest BCUT2D eigenvalue weighted by atomic mass is 10.1. The molecule has 0 fully saturated rings. The summed E-state index contributed by atoms with van der Waals surface area (Å²) in [6, 6.07) is 7.91. The Morgan fingerprint density at radius 2 is 2.33 bits per heavy atom. The highest BCUT2D eigenvalue weighted by molar-refractivity contribution is 5.80. The SMILES string of the molecule is CCOC(=O)C1NCc2ccccc2N1. The number of rotatable bonds is 2. The van der Waals surface area contributed by atoms with Crippen molar-refractivity contribution in [2.24, 2.45) is 0 Å². The number of nitrogens with one attached hydrogen (secondary N) is 2. The van der Waals surface area contributed by atoms with Crippen LogP contribution in [-0.4, -0.2) is 18.7 Å². The van der Waals surface area contributed by atoms with Crippen molar-refractivity contribution < 1.29 is 9.53 Å². The molecule has 0 aliphatic carbocycles. The van der Waals surface area contributed by atoms with Crippen LogP contribution in [0.25, 0.3) is 0 Å². The largest absolute Gasteiger partial charge is 0.463 e. The molecule has 1 unspecified atom stereocenters. The minimum Gasteiger partial charge on any atom is -0.463 e. The van der Waals surface area contributed by atoms with E-state index in [1.165, 1.54) is 0 Å². The fourth-order valence-electron chi connectivity index (χ4n) is 1.60. The number of fused-ring (bicyclic) bond motifs is 1. The van der Waals surface area contributed by atoms with Gasteiger partial charge in [-0.25, -0.2) is 4.79 Å². The molecule has 1 heterocycles. The van der Waals surface area contributed by atoms with Crippen LogP contribution in [0.4, 0.5) is 5.69 Å². The Morgan fingerprint density at radius 3 is 3.13 bits per heavy atom. The molecule has 0 radical (unpaired) electrons. The number of hydrogen-bond donors (Lipinski definition) is 2. The molecule has 15 heavy (non-hydrogen) atoms. The molecular weight excluding hydrogens is 192 g/mol. The van der Waals surface area contributed by atoms with Gasteiger partial charge in [-0.3, -0.25) is 5.32 Å². The summed E-state index contributed by atoms with van der Waals surface area (Å²) in [5, 5.41) is 6.17. The third-order valence-corrected chi connectivity index (χ3v) is 2.34. The highest BCUT2D eigenvalue weighted by atomic mass is 16.5. The van der Waals surface area contributed by atoms with Crippen molar-refractivity contribution in [2.75, 3.05) is 11.9 Å². The van der Waals surface area contributed by atoms with Crippen molar-refractivity contribution in [3.8, 4) is 0 Å². The second kappa shape index (κ2) is 4.31. The van der Waals surface area contributed by atoms with Gasteiger partial charge in [0, 0.05) is 12.2 Å². The van der Waals surface area contributed by atoms with E-state index in [0.29, 0.717) is 13.2 Å². The van der Waals surface area contributed by atoms with Crippen LogP contribution >= 0.6 is 0 Å². The van der Waals surface area contributed by atoms with Crippen molar-refractivity contribution in [1.82, 2.24) is 5.32 Å². The lowest BCUT2D eigenvalue weighted by molar-refractivity contribution is -0.144. The van der Waals surface area contributed by atoms with E-state index >= 15 is 0 Å². The lowest BCUT2D eigenvalue weighted by Gasteiger charge is -2.26. The van der Waals surface area contributed by atoms with Gasteiger partial charge in [-0.2, -0.15) is 0 Å². The van der Waals surface area contributed by atoms with E-state index in [1.54, 1.807) is 6.92 Å². The van der Waals surface area contributed by atoms with Crippen molar-refractivity contribution in [1.29, 1.82) is 0 Å². The molecule has 2 rings (SSSR count). The summed E-state index contributed by atoms with van der Waals surface area (Å²) < 4.78 is 4.93. The highest BCUT2D eigenvalue weighted by Gasteiger charge is 2.23. The van der Waals surface area contributed by atoms with Crippen LogP contribution in [0, 0.1) is 0 Å². The molecule has 4 heteroatoms. The van der Waals surface area contributed by atoms with Crippen LogP contribution in [0.3, 0.4) is 0 Å². The standard InChI is InChI=1S/C11H14N2O2/c1-2-15-11(14)10-12-7-8-5-3-4-6-9(8)13-10/h3-6,10,12-13H,2,7H2,1H3. The molecule has 4 nitrogen and oxygen atoms in total. The van der Waals surface area contributed by atoms with Crippen LogP contribution in [0.1, 0.15) is 12.5 Å². The maximum absolute atomic E-state index is 11.5. The zero-order valence-electron chi connectivity index (χ0n) is 8.62. The van der Waals surface area contributed by atoms with Crippen LogP contribution in [0.2, 0.25) is 0 Å². The summed E-state index contributed by atoms with van der Waals surface area (Å²) in [4.78, 5) is 11.5. The van der Waals surface area contributed by atoms with Gasteiger partial charge in [-0.1, -0.05) is 18.2 Å². The van der Waals surface area contributed by atoms with E-state index in [0.717, 1.165) is 11.3 Å². The number of para-hydroxylation sites is 1. The van der Waals surface area contributed by atoms with Crippen LogP contribution in [0.5, 0.6) is 0 Å². The molecule has 1 atom stereocenters. The molecule has 0 spiro atoms. The number of benzene rings is 1. The summed E-state index contributed by atoms with van der Waals surface area (Å²) in [6.07, 6.45) is -0.431. The monoisotopic (exact) mass is 206 g/mol. The Kier molecular flexibility index (Phi) is 2.87.